The van der Waals surface area contributed by atoms with Crippen LogP contribution in [0.2, 0.25) is 0 Å². The van der Waals surface area contributed by atoms with Gasteiger partial charge in [-0.05, 0) is 22.2 Å². The molecule has 0 heterocycles. The van der Waals surface area contributed by atoms with Crippen LogP contribution in [0.3, 0.4) is 0 Å². The van der Waals surface area contributed by atoms with Gasteiger partial charge in [-0.3, -0.25) is 0 Å². The van der Waals surface area contributed by atoms with E-state index in [4.69, 9.17) is 4.74 Å². The van der Waals surface area contributed by atoms with Crippen molar-refractivity contribution in [3.63, 3.8) is 0 Å². The molecule has 3 aromatic rings. The van der Waals surface area contributed by atoms with Gasteiger partial charge in [-0.2, -0.15) is 0 Å². The van der Waals surface area contributed by atoms with Gasteiger partial charge < -0.3 is 14.8 Å². The Morgan fingerprint density at radius 2 is 1.25 bits per heavy atom. The summed E-state index contributed by atoms with van der Waals surface area (Å²) in [7, 11) is -1.46. The van der Waals surface area contributed by atoms with E-state index in [1.54, 1.807) is 12.1 Å². The molecule has 0 bridgehead atoms. The molecule has 0 aliphatic heterocycles. The third-order valence-electron chi connectivity index (χ3n) is 3.90. The maximum Gasteiger partial charge on any atom is 0.488 e. The van der Waals surface area contributed by atoms with Gasteiger partial charge in [-0.15, -0.1) is 0 Å². The second-order valence-corrected chi connectivity index (χ2v) is 5.63. The molecule has 3 rings (SSSR count). The van der Waals surface area contributed by atoms with E-state index in [0.717, 1.165) is 16.7 Å². The Balaban J connectivity index is 1.84. The van der Waals surface area contributed by atoms with Crippen molar-refractivity contribution >= 4 is 12.6 Å². The number of hydrogen-bond donors (Lipinski definition) is 2. The fourth-order valence-electron chi connectivity index (χ4n) is 2.61. The first-order valence-electron chi connectivity index (χ1n) is 7.90. The van der Waals surface area contributed by atoms with Crippen molar-refractivity contribution in [1.82, 2.24) is 0 Å². The lowest BCUT2D eigenvalue weighted by Crippen LogP contribution is -2.29. The average molecular weight is 318 g/mol. The fourth-order valence-corrected chi connectivity index (χ4v) is 2.61. The first-order chi connectivity index (χ1) is 11.7. The van der Waals surface area contributed by atoms with Crippen LogP contribution in [0.25, 0.3) is 0 Å². The molecule has 4 heteroatoms. The highest BCUT2D eigenvalue weighted by atomic mass is 16.5. The van der Waals surface area contributed by atoms with Gasteiger partial charge in [-0.1, -0.05) is 84.9 Å². The Hall–Kier alpha value is -2.40. The molecule has 120 valence electrons. The highest BCUT2D eigenvalue weighted by Crippen LogP contribution is 2.26. The third-order valence-corrected chi connectivity index (χ3v) is 3.90. The minimum atomic E-state index is -1.46. The third kappa shape index (κ3) is 4.12. The summed E-state index contributed by atoms with van der Waals surface area (Å²) in [6.45, 7) is 0.505. The Labute approximate surface area is 142 Å². The van der Waals surface area contributed by atoms with Gasteiger partial charge in [0.1, 0.15) is 6.10 Å². The highest BCUT2D eigenvalue weighted by molar-refractivity contribution is 6.58. The summed E-state index contributed by atoms with van der Waals surface area (Å²) in [5.74, 6) is 0. The molecule has 1 atom stereocenters. The molecule has 0 aliphatic carbocycles. The van der Waals surface area contributed by atoms with E-state index < -0.39 is 7.12 Å². The van der Waals surface area contributed by atoms with Crippen molar-refractivity contribution in [3.8, 4) is 0 Å². The largest absolute Gasteiger partial charge is 0.488 e. The lowest BCUT2D eigenvalue weighted by atomic mass is 9.79. The van der Waals surface area contributed by atoms with E-state index in [9.17, 15) is 10.0 Å². The Morgan fingerprint density at radius 1 is 0.708 bits per heavy atom. The van der Waals surface area contributed by atoms with Crippen LogP contribution in [0.4, 0.5) is 0 Å². The van der Waals surface area contributed by atoms with E-state index >= 15 is 0 Å². The molecule has 24 heavy (non-hydrogen) atoms. The van der Waals surface area contributed by atoms with Crippen molar-refractivity contribution in [2.75, 3.05) is 0 Å². The van der Waals surface area contributed by atoms with Gasteiger partial charge in [0.25, 0.3) is 0 Å². The molecule has 0 fully saturated rings. The lowest BCUT2D eigenvalue weighted by molar-refractivity contribution is 0.0667. The highest BCUT2D eigenvalue weighted by Gasteiger charge is 2.17. The summed E-state index contributed by atoms with van der Waals surface area (Å²) in [6.07, 6.45) is -0.212. The molecule has 3 nitrogen and oxygen atoms in total. The van der Waals surface area contributed by atoms with Crippen LogP contribution in [-0.2, 0) is 11.3 Å². The molecule has 2 N–H and O–H groups in total. The molecule has 1 unspecified atom stereocenters. The van der Waals surface area contributed by atoms with Gasteiger partial charge in [0.2, 0.25) is 0 Å². The molecular weight excluding hydrogens is 299 g/mol. The van der Waals surface area contributed by atoms with Crippen molar-refractivity contribution in [2.24, 2.45) is 0 Å². The Kier molecular flexibility index (Phi) is 5.44. The Morgan fingerprint density at radius 3 is 1.83 bits per heavy atom. The van der Waals surface area contributed by atoms with E-state index in [-0.39, 0.29) is 6.10 Å². The van der Waals surface area contributed by atoms with Gasteiger partial charge in [0.15, 0.2) is 0 Å². The second kappa shape index (κ2) is 7.93. The predicted octanol–water partition coefficient (Wildman–Crippen LogP) is 2.67. The van der Waals surface area contributed by atoms with Crippen molar-refractivity contribution in [3.05, 3.63) is 102 Å². The van der Waals surface area contributed by atoms with E-state index in [2.05, 4.69) is 0 Å². The molecule has 0 aliphatic rings. The SMILES string of the molecule is OB(O)c1ccc(C(OCc2ccccc2)c2ccccc2)cc1. The van der Waals surface area contributed by atoms with Gasteiger partial charge in [0, 0.05) is 0 Å². The van der Waals surface area contributed by atoms with E-state index in [1.807, 2.05) is 72.8 Å². The number of benzene rings is 3. The number of hydrogen-bond acceptors (Lipinski definition) is 3. The van der Waals surface area contributed by atoms with Crippen molar-refractivity contribution < 1.29 is 14.8 Å². The van der Waals surface area contributed by atoms with Crippen LogP contribution in [-0.4, -0.2) is 17.2 Å². The smallest absolute Gasteiger partial charge is 0.423 e. The molecule has 0 saturated heterocycles. The fraction of sp³-hybridized carbons (Fsp3) is 0.100. The average Bonchev–Trinajstić information content (AvgIpc) is 2.64. The zero-order valence-electron chi connectivity index (χ0n) is 13.2. The van der Waals surface area contributed by atoms with Gasteiger partial charge >= 0.3 is 7.12 Å². The van der Waals surface area contributed by atoms with Gasteiger partial charge in [0.05, 0.1) is 6.61 Å². The summed E-state index contributed by atoms with van der Waals surface area (Å²) in [5, 5.41) is 18.5. The zero-order valence-corrected chi connectivity index (χ0v) is 13.2. The van der Waals surface area contributed by atoms with E-state index in [1.165, 1.54) is 0 Å². The summed E-state index contributed by atoms with van der Waals surface area (Å²) in [4.78, 5) is 0. The monoisotopic (exact) mass is 318 g/mol. The lowest BCUT2D eigenvalue weighted by Gasteiger charge is -2.19. The molecule has 0 radical (unpaired) electrons. The first kappa shape index (κ1) is 16.5. The van der Waals surface area contributed by atoms with Gasteiger partial charge in [-0.25, -0.2) is 0 Å². The number of ether oxygens (including phenoxy) is 1. The summed E-state index contributed by atoms with van der Waals surface area (Å²) in [6, 6.07) is 27.2. The molecule has 3 aromatic carbocycles. The second-order valence-electron chi connectivity index (χ2n) is 5.63. The summed E-state index contributed by atoms with van der Waals surface area (Å²) >= 11 is 0. The topological polar surface area (TPSA) is 49.7 Å². The zero-order chi connectivity index (χ0) is 16.8. The molecule has 0 aromatic heterocycles. The summed E-state index contributed by atoms with van der Waals surface area (Å²) in [5.41, 5.74) is 3.61. The normalized spacial score (nSPS) is 11.9. The molecule has 0 amide bonds. The van der Waals surface area contributed by atoms with Crippen LogP contribution in [0, 0.1) is 0 Å². The minimum absolute atomic E-state index is 0.212. The predicted molar refractivity (Wildman–Crippen MR) is 95.8 cm³/mol. The molecular formula is C20H19BO3. The summed E-state index contributed by atoms with van der Waals surface area (Å²) < 4.78 is 6.18. The molecule has 0 spiro atoms. The standard InChI is InChI=1S/C20H19BO3/c22-21(23)19-13-11-18(12-14-19)20(17-9-5-2-6-10-17)24-15-16-7-3-1-4-8-16/h1-14,20,22-23H,15H2. The van der Waals surface area contributed by atoms with Crippen LogP contribution in [0.15, 0.2) is 84.9 Å². The number of rotatable bonds is 6. The first-order valence-corrected chi connectivity index (χ1v) is 7.90. The van der Waals surface area contributed by atoms with E-state index in [0.29, 0.717) is 12.1 Å². The van der Waals surface area contributed by atoms with Crippen LogP contribution < -0.4 is 5.46 Å². The minimum Gasteiger partial charge on any atom is -0.423 e. The van der Waals surface area contributed by atoms with Crippen LogP contribution in [0.5, 0.6) is 0 Å². The van der Waals surface area contributed by atoms with Crippen LogP contribution >= 0.6 is 0 Å². The van der Waals surface area contributed by atoms with Crippen molar-refractivity contribution in [1.29, 1.82) is 0 Å². The maximum absolute atomic E-state index is 9.25. The van der Waals surface area contributed by atoms with Crippen LogP contribution in [0.1, 0.15) is 22.8 Å². The quantitative estimate of drug-likeness (QED) is 0.687. The Bertz CT molecular complexity index is 743. The maximum atomic E-state index is 9.25. The van der Waals surface area contributed by atoms with Crippen molar-refractivity contribution in [2.45, 2.75) is 12.7 Å². The molecule has 0 saturated carbocycles.